The van der Waals surface area contributed by atoms with Gasteiger partial charge in [-0.3, -0.25) is 9.59 Å². The summed E-state index contributed by atoms with van der Waals surface area (Å²) in [5.74, 6) is 0.601. The molecule has 1 amide bonds. The summed E-state index contributed by atoms with van der Waals surface area (Å²) in [6.45, 7) is 3.58. The Bertz CT molecular complexity index is 765. The zero-order chi connectivity index (χ0) is 16.3. The molecule has 0 radical (unpaired) electrons. The zero-order valence-electron chi connectivity index (χ0n) is 12.9. The lowest BCUT2D eigenvalue weighted by Gasteiger charge is -2.13. The van der Waals surface area contributed by atoms with Gasteiger partial charge >= 0.3 is 0 Å². The molecule has 0 saturated heterocycles. The molecule has 116 valence electrons. The summed E-state index contributed by atoms with van der Waals surface area (Å²) < 4.78 is 10.4. The van der Waals surface area contributed by atoms with E-state index in [0.29, 0.717) is 22.9 Å². The number of aromatic nitrogens is 1. The fraction of sp³-hybridized carbons (Fsp3) is 0.250. The predicted octanol–water partition coefficient (Wildman–Crippen LogP) is 2.26. The standard InChI is InChI=1S/C16H18N2O4/c1-9-7-13(21-3)14(22-4)8-12(9)18-16(20)11-6-5-10(2)17-15(11)19/h5-8H,1-4H3,(H,17,19)(H,18,20). The maximum absolute atomic E-state index is 12.2. The smallest absolute Gasteiger partial charge is 0.261 e. The van der Waals surface area contributed by atoms with Crippen molar-refractivity contribution >= 4 is 11.6 Å². The third kappa shape index (κ3) is 3.11. The first-order valence-corrected chi connectivity index (χ1v) is 6.70. The average molecular weight is 302 g/mol. The Hall–Kier alpha value is -2.76. The number of H-pyrrole nitrogens is 1. The predicted molar refractivity (Wildman–Crippen MR) is 84.0 cm³/mol. The number of amides is 1. The van der Waals surface area contributed by atoms with Gasteiger partial charge in [0.05, 0.1) is 14.2 Å². The number of pyridine rings is 1. The zero-order valence-corrected chi connectivity index (χ0v) is 12.9. The number of aryl methyl sites for hydroxylation is 2. The van der Waals surface area contributed by atoms with E-state index in [9.17, 15) is 9.59 Å². The number of benzene rings is 1. The first-order valence-electron chi connectivity index (χ1n) is 6.70. The summed E-state index contributed by atoms with van der Waals surface area (Å²) in [7, 11) is 3.06. The Morgan fingerprint density at radius 2 is 1.73 bits per heavy atom. The molecule has 1 heterocycles. The van der Waals surface area contributed by atoms with E-state index in [-0.39, 0.29) is 5.56 Å². The molecule has 0 aliphatic carbocycles. The summed E-state index contributed by atoms with van der Waals surface area (Å²) in [6.07, 6.45) is 0. The van der Waals surface area contributed by atoms with E-state index in [1.54, 1.807) is 32.2 Å². The van der Waals surface area contributed by atoms with E-state index < -0.39 is 11.5 Å². The average Bonchev–Trinajstić information content (AvgIpc) is 2.48. The number of hydrogen-bond donors (Lipinski definition) is 2. The molecule has 2 N–H and O–H groups in total. The number of rotatable bonds is 4. The van der Waals surface area contributed by atoms with Crippen LogP contribution in [0.1, 0.15) is 21.6 Å². The minimum Gasteiger partial charge on any atom is -0.493 e. The van der Waals surface area contributed by atoms with Crippen LogP contribution in [-0.4, -0.2) is 25.1 Å². The second kappa shape index (κ2) is 6.34. The molecule has 22 heavy (non-hydrogen) atoms. The molecule has 0 fully saturated rings. The van der Waals surface area contributed by atoms with Gasteiger partial charge in [-0.2, -0.15) is 0 Å². The Morgan fingerprint density at radius 3 is 2.32 bits per heavy atom. The highest BCUT2D eigenvalue weighted by Gasteiger charge is 2.14. The molecule has 2 aromatic rings. The van der Waals surface area contributed by atoms with Crippen molar-refractivity contribution in [1.29, 1.82) is 0 Å². The number of ether oxygens (including phenoxy) is 2. The lowest BCUT2D eigenvalue weighted by molar-refractivity contribution is 0.102. The molecule has 0 spiro atoms. The van der Waals surface area contributed by atoms with Crippen molar-refractivity contribution in [2.75, 3.05) is 19.5 Å². The Morgan fingerprint density at radius 1 is 1.09 bits per heavy atom. The van der Waals surface area contributed by atoms with Crippen molar-refractivity contribution in [1.82, 2.24) is 4.98 Å². The molecular formula is C16H18N2O4. The Kier molecular flexibility index (Phi) is 4.50. The van der Waals surface area contributed by atoms with Crippen LogP contribution in [0, 0.1) is 13.8 Å². The maximum Gasteiger partial charge on any atom is 0.261 e. The van der Waals surface area contributed by atoms with E-state index in [4.69, 9.17) is 9.47 Å². The van der Waals surface area contributed by atoms with Crippen LogP contribution >= 0.6 is 0 Å². The molecule has 0 atom stereocenters. The highest BCUT2D eigenvalue weighted by molar-refractivity contribution is 6.04. The van der Waals surface area contributed by atoms with Crippen LogP contribution in [0.4, 0.5) is 5.69 Å². The van der Waals surface area contributed by atoms with Crippen LogP contribution < -0.4 is 20.3 Å². The molecule has 6 nitrogen and oxygen atoms in total. The van der Waals surface area contributed by atoms with Crippen LogP contribution in [0.5, 0.6) is 11.5 Å². The Balaban J connectivity index is 2.34. The van der Waals surface area contributed by atoms with Crippen molar-refractivity contribution in [2.24, 2.45) is 0 Å². The molecule has 1 aromatic carbocycles. The monoisotopic (exact) mass is 302 g/mol. The third-order valence-electron chi connectivity index (χ3n) is 3.28. The van der Waals surface area contributed by atoms with Gasteiger partial charge in [-0.05, 0) is 37.6 Å². The minimum atomic E-state index is -0.475. The number of carbonyl (C=O) groups is 1. The van der Waals surface area contributed by atoms with Crippen LogP contribution in [0.25, 0.3) is 0 Å². The Labute approximate surface area is 128 Å². The van der Waals surface area contributed by atoms with Gasteiger partial charge in [0.2, 0.25) is 0 Å². The topological polar surface area (TPSA) is 80.4 Å². The van der Waals surface area contributed by atoms with Crippen molar-refractivity contribution < 1.29 is 14.3 Å². The number of nitrogens with one attached hydrogen (secondary N) is 2. The van der Waals surface area contributed by atoms with E-state index >= 15 is 0 Å². The fourth-order valence-corrected chi connectivity index (χ4v) is 2.06. The van der Waals surface area contributed by atoms with Crippen molar-refractivity contribution in [2.45, 2.75) is 13.8 Å². The first kappa shape index (κ1) is 15.6. The normalized spacial score (nSPS) is 10.2. The van der Waals surface area contributed by atoms with Crippen LogP contribution in [0.3, 0.4) is 0 Å². The molecule has 0 aliphatic heterocycles. The summed E-state index contributed by atoms with van der Waals surface area (Å²) >= 11 is 0. The highest BCUT2D eigenvalue weighted by atomic mass is 16.5. The molecule has 0 saturated carbocycles. The number of methoxy groups -OCH3 is 2. The van der Waals surface area contributed by atoms with Crippen molar-refractivity contribution in [3.63, 3.8) is 0 Å². The van der Waals surface area contributed by atoms with Crippen LogP contribution in [0.2, 0.25) is 0 Å². The van der Waals surface area contributed by atoms with Gasteiger partial charge in [-0.15, -0.1) is 0 Å². The molecule has 6 heteroatoms. The molecule has 0 bridgehead atoms. The van der Waals surface area contributed by atoms with Gasteiger partial charge in [-0.25, -0.2) is 0 Å². The molecule has 1 aromatic heterocycles. The van der Waals surface area contributed by atoms with E-state index in [1.165, 1.54) is 13.2 Å². The number of hydrogen-bond acceptors (Lipinski definition) is 4. The highest BCUT2D eigenvalue weighted by Crippen LogP contribution is 2.32. The lowest BCUT2D eigenvalue weighted by atomic mass is 10.1. The summed E-state index contributed by atoms with van der Waals surface area (Å²) in [6, 6.07) is 6.60. The summed E-state index contributed by atoms with van der Waals surface area (Å²) in [4.78, 5) is 26.7. The van der Waals surface area contributed by atoms with Gasteiger partial charge in [0, 0.05) is 17.4 Å². The molecular weight excluding hydrogens is 284 g/mol. The summed E-state index contributed by atoms with van der Waals surface area (Å²) in [5, 5.41) is 2.72. The van der Waals surface area contributed by atoms with Crippen LogP contribution in [-0.2, 0) is 0 Å². The van der Waals surface area contributed by atoms with Crippen molar-refractivity contribution in [3.8, 4) is 11.5 Å². The number of anilines is 1. The van der Waals surface area contributed by atoms with Crippen molar-refractivity contribution in [3.05, 3.63) is 51.4 Å². The van der Waals surface area contributed by atoms with Gasteiger partial charge in [0.1, 0.15) is 5.56 Å². The van der Waals surface area contributed by atoms with Crippen LogP contribution in [0.15, 0.2) is 29.1 Å². The second-order valence-electron chi connectivity index (χ2n) is 4.86. The maximum atomic E-state index is 12.2. The summed E-state index contributed by atoms with van der Waals surface area (Å²) in [5.41, 5.74) is 1.69. The number of carbonyl (C=O) groups excluding carboxylic acids is 1. The second-order valence-corrected chi connectivity index (χ2v) is 4.86. The van der Waals surface area contributed by atoms with E-state index in [1.807, 2.05) is 6.92 Å². The van der Waals surface area contributed by atoms with Gasteiger partial charge in [0.15, 0.2) is 11.5 Å². The quantitative estimate of drug-likeness (QED) is 0.908. The lowest BCUT2D eigenvalue weighted by Crippen LogP contribution is -2.23. The van der Waals surface area contributed by atoms with Gasteiger partial charge in [0.25, 0.3) is 11.5 Å². The molecule has 2 rings (SSSR count). The van der Waals surface area contributed by atoms with Gasteiger partial charge in [-0.1, -0.05) is 0 Å². The molecule has 0 unspecified atom stereocenters. The largest absolute Gasteiger partial charge is 0.493 e. The number of aromatic amines is 1. The SMILES string of the molecule is COc1cc(C)c(NC(=O)c2ccc(C)[nH]c2=O)cc1OC. The van der Waals surface area contributed by atoms with E-state index in [2.05, 4.69) is 10.3 Å². The molecule has 0 aliphatic rings. The fourth-order valence-electron chi connectivity index (χ4n) is 2.06. The van der Waals surface area contributed by atoms with E-state index in [0.717, 1.165) is 5.56 Å². The minimum absolute atomic E-state index is 0.0554. The van der Waals surface area contributed by atoms with Gasteiger partial charge < -0.3 is 19.8 Å². The first-order chi connectivity index (χ1) is 10.5. The third-order valence-corrected chi connectivity index (χ3v) is 3.28.